The van der Waals surface area contributed by atoms with Crippen molar-refractivity contribution in [3.8, 4) is 0 Å². The Morgan fingerprint density at radius 2 is 1.03 bits per heavy atom. The van der Waals surface area contributed by atoms with E-state index in [9.17, 15) is 8.42 Å². The Morgan fingerprint density at radius 3 is 1.43 bits per heavy atom. The summed E-state index contributed by atoms with van der Waals surface area (Å²) in [5, 5.41) is 0. The van der Waals surface area contributed by atoms with Gasteiger partial charge in [0.25, 0.3) is 10.1 Å². The molecule has 0 radical (unpaired) electrons. The Kier molecular flexibility index (Phi) is 19.9. The Balaban J connectivity index is 0. The third-order valence-electron chi connectivity index (χ3n) is 5.55. The monoisotopic (exact) mass is 448 g/mol. The van der Waals surface area contributed by atoms with Gasteiger partial charge >= 0.3 is 29.6 Å². The second kappa shape index (κ2) is 19.8. The van der Waals surface area contributed by atoms with Gasteiger partial charge in [0.1, 0.15) is 0 Å². The number of hydrogen-bond donors (Lipinski definition) is 0. The molecule has 0 N–H and O–H groups in total. The maximum Gasteiger partial charge on any atom is 1.00 e. The zero-order chi connectivity index (χ0) is 21.2. The summed E-state index contributed by atoms with van der Waals surface area (Å²) >= 11 is 0. The van der Waals surface area contributed by atoms with Gasteiger partial charge in [0.15, 0.2) is 0 Å². The topological polar surface area (TPSA) is 43.4 Å². The first-order chi connectivity index (χ1) is 14.1. The predicted octanol–water partition coefficient (Wildman–Crippen LogP) is 5.08. The van der Waals surface area contributed by atoms with Crippen molar-refractivity contribution >= 4 is 10.1 Å². The summed E-state index contributed by atoms with van der Waals surface area (Å²) in [6, 6.07) is 6.81. The van der Waals surface area contributed by atoms with Gasteiger partial charge in [-0.15, -0.1) is 0 Å². The van der Waals surface area contributed by atoms with E-state index in [0.29, 0.717) is 0 Å². The van der Waals surface area contributed by atoms with Crippen LogP contribution in [-0.2, 0) is 14.3 Å². The van der Waals surface area contributed by atoms with Gasteiger partial charge in [0, 0.05) is 0 Å². The van der Waals surface area contributed by atoms with E-state index in [1.807, 2.05) is 6.92 Å². The van der Waals surface area contributed by atoms with E-state index in [1.165, 1.54) is 89.9 Å². The van der Waals surface area contributed by atoms with Crippen LogP contribution in [-0.4, -0.2) is 15.0 Å². The average Bonchev–Trinajstić information content (AvgIpc) is 2.70. The molecule has 0 aliphatic carbocycles. The number of rotatable bonds is 19. The molecule has 0 saturated heterocycles. The summed E-state index contributed by atoms with van der Waals surface area (Å²) < 4.78 is 29.3. The molecule has 0 bridgehead atoms. The molecule has 0 heterocycles. The van der Waals surface area contributed by atoms with Crippen molar-refractivity contribution in [3.63, 3.8) is 0 Å². The van der Waals surface area contributed by atoms with Gasteiger partial charge < -0.3 is 1.43 Å². The first-order valence-corrected chi connectivity index (χ1v) is 13.4. The van der Waals surface area contributed by atoms with E-state index >= 15 is 0 Å². The number of unbranched alkanes of at least 4 members (excludes halogenated alkanes) is 15. The summed E-state index contributed by atoms with van der Waals surface area (Å²) in [5.74, 6) is 0. The molecular formula is C25H45NaO3S. The zero-order valence-corrected chi connectivity index (χ0v) is 22.8. The first kappa shape index (κ1) is 30.1. The van der Waals surface area contributed by atoms with Crippen LogP contribution in [0.3, 0.4) is 0 Å². The number of aryl methyl sites for hydroxylation is 1. The molecule has 0 aromatic heterocycles. The van der Waals surface area contributed by atoms with Crippen molar-refractivity contribution in [2.45, 2.75) is 121 Å². The van der Waals surface area contributed by atoms with Crippen molar-refractivity contribution < 1.29 is 43.6 Å². The minimum absolute atomic E-state index is 0. The standard InChI is InChI=1S/C25H44O3S.Na.H/c1-3-4-5-6-7-8-9-10-11-12-13-14-15-16-17-18-23-28-29(26,27)25-21-19-24(2)20-22-25;;/h19-22H,3-18,23H2,1-2H3;;/q;+1;-1. The van der Waals surface area contributed by atoms with Crippen molar-refractivity contribution in [1.82, 2.24) is 0 Å². The van der Waals surface area contributed by atoms with Crippen LogP contribution in [0.15, 0.2) is 29.2 Å². The van der Waals surface area contributed by atoms with E-state index < -0.39 is 10.1 Å². The Morgan fingerprint density at radius 1 is 0.667 bits per heavy atom. The molecule has 0 atom stereocenters. The van der Waals surface area contributed by atoms with Gasteiger partial charge in [-0.05, 0) is 25.5 Å². The molecule has 1 aromatic rings. The molecule has 0 fully saturated rings. The molecule has 0 saturated carbocycles. The van der Waals surface area contributed by atoms with Crippen LogP contribution >= 0.6 is 0 Å². The van der Waals surface area contributed by atoms with Gasteiger partial charge in [-0.25, -0.2) is 0 Å². The Hall–Kier alpha value is 0.130. The van der Waals surface area contributed by atoms with E-state index in [2.05, 4.69) is 6.92 Å². The molecule has 0 aliphatic rings. The molecule has 1 aromatic carbocycles. The molecule has 0 spiro atoms. The maximum absolute atomic E-state index is 12.1. The SMILES string of the molecule is CCCCCCCCCCCCCCCCCCOS(=O)(=O)c1ccc(C)cc1.[H-].[Na+]. The van der Waals surface area contributed by atoms with E-state index in [0.717, 1.165) is 18.4 Å². The van der Waals surface area contributed by atoms with Crippen LogP contribution in [0.25, 0.3) is 0 Å². The fourth-order valence-corrected chi connectivity index (χ4v) is 4.53. The number of benzene rings is 1. The largest absolute Gasteiger partial charge is 1.00 e. The fraction of sp³-hybridized carbons (Fsp3) is 0.760. The fourth-order valence-electron chi connectivity index (χ4n) is 3.59. The van der Waals surface area contributed by atoms with Crippen LogP contribution in [0.1, 0.15) is 117 Å². The van der Waals surface area contributed by atoms with Crippen molar-refractivity contribution in [2.24, 2.45) is 0 Å². The Bertz CT molecular complexity index is 606. The third kappa shape index (κ3) is 15.9. The molecule has 5 heteroatoms. The summed E-state index contributed by atoms with van der Waals surface area (Å²) in [6.07, 6.45) is 20.9. The van der Waals surface area contributed by atoms with Crippen molar-refractivity contribution in [3.05, 3.63) is 29.8 Å². The van der Waals surface area contributed by atoms with Crippen LogP contribution < -0.4 is 29.6 Å². The molecular weight excluding hydrogens is 403 g/mol. The molecule has 170 valence electrons. The second-order valence-corrected chi connectivity index (χ2v) is 10.0. The minimum Gasteiger partial charge on any atom is -1.00 e. The quantitative estimate of drug-likeness (QED) is 0.168. The van der Waals surface area contributed by atoms with Gasteiger partial charge in [-0.1, -0.05) is 121 Å². The molecule has 1 rings (SSSR count). The molecule has 0 aliphatic heterocycles. The van der Waals surface area contributed by atoms with E-state index in [4.69, 9.17) is 4.18 Å². The summed E-state index contributed by atoms with van der Waals surface area (Å²) in [6.45, 7) is 4.50. The summed E-state index contributed by atoms with van der Waals surface area (Å²) in [7, 11) is -3.60. The average molecular weight is 449 g/mol. The molecule has 0 unspecified atom stereocenters. The van der Waals surface area contributed by atoms with Crippen LogP contribution in [0.2, 0.25) is 0 Å². The first-order valence-electron chi connectivity index (χ1n) is 12.0. The van der Waals surface area contributed by atoms with E-state index in [-0.39, 0.29) is 42.5 Å². The maximum atomic E-state index is 12.1. The zero-order valence-electron chi connectivity index (χ0n) is 21.0. The van der Waals surface area contributed by atoms with Gasteiger partial charge in [-0.2, -0.15) is 8.42 Å². The summed E-state index contributed by atoms with van der Waals surface area (Å²) in [4.78, 5) is 0.250. The third-order valence-corrected chi connectivity index (χ3v) is 6.87. The minimum atomic E-state index is -3.60. The van der Waals surface area contributed by atoms with Gasteiger partial charge in [0.2, 0.25) is 0 Å². The van der Waals surface area contributed by atoms with E-state index in [1.54, 1.807) is 24.3 Å². The predicted molar refractivity (Wildman–Crippen MR) is 125 cm³/mol. The normalized spacial score (nSPS) is 11.4. The number of hydrogen-bond acceptors (Lipinski definition) is 3. The van der Waals surface area contributed by atoms with Crippen LogP contribution in [0.4, 0.5) is 0 Å². The van der Waals surface area contributed by atoms with Crippen LogP contribution in [0.5, 0.6) is 0 Å². The summed E-state index contributed by atoms with van der Waals surface area (Å²) in [5.41, 5.74) is 1.04. The Labute approximate surface area is 210 Å². The van der Waals surface area contributed by atoms with Crippen molar-refractivity contribution in [1.29, 1.82) is 0 Å². The molecule has 30 heavy (non-hydrogen) atoms. The second-order valence-electron chi connectivity index (χ2n) is 8.39. The van der Waals surface area contributed by atoms with Crippen LogP contribution in [0, 0.1) is 6.92 Å². The molecule has 3 nitrogen and oxygen atoms in total. The smallest absolute Gasteiger partial charge is 1.00 e. The van der Waals surface area contributed by atoms with Crippen molar-refractivity contribution in [2.75, 3.05) is 6.61 Å². The van der Waals surface area contributed by atoms with Gasteiger partial charge in [0.05, 0.1) is 11.5 Å². The molecule has 0 amide bonds. The van der Waals surface area contributed by atoms with Gasteiger partial charge in [-0.3, -0.25) is 4.18 Å².